The number of methoxy groups -OCH3 is 1. The van der Waals surface area contributed by atoms with Crippen LogP contribution in [0.2, 0.25) is 0 Å². The average molecular weight is 461 g/mol. The normalized spacial score (nSPS) is 10.4. The van der Waals surface area contributed by atoms with Gasteiger partial charge in [-0.05, 0) is 49.4 Å². The predicted molar refractivity (Wildman–Crippen MR) is 111 cm³/mol. The van der Waals surface area contributed by atoms with Crippen molar-refractivity contribution in [1.29, 1.82) is 0 Å². The van der Waals surface area contributed by atoms with Crippen LogP contribution in [-0.2, 0) is 6.54 Å². The monoisotopic (exact) mass is 460 g/mol. The fourth-order valence-electron chi connectivity index (χ4n) is 2.44. The van der Waals surface area contributed by atoms with Crippen LogP contribution in [-0.4, -0.2) is 29.1 Å². The second-order valence-corrected chi connectivity index (χ2v) is 7.89. The highest BCUT2D eigenvalue weighted by molar-refractivity contribution is 9.10. The Labute approximate surface area is 174 Å². The number of hydrogen-bond donors (Lipinski definition) is 2. The summed E-state index contributed by atoms with van der Waals surface area (Å²) >= 11 is 4.63. The molecule has 0 fully saturated rings. The van der Waals surface area contributed by atoms with E-state index in [0.29, 0.717) is 28.6 Å². The third kappa shape index (κ3) is 4.93. The van der Waals surface area contributed by atoms with E-state index < -0.39 is 0 Å². The van der Waals surface area contributed by atoms with Crippen LogP contribution in [0.15, 0.2) is 46.9 Å². The van der Waals surface area contributed by atoms with Gasteiger partial charge in [-0.25, -0.2) is 0 Å². The first-order chi connectivity index (χ1) is 13.5. The number of nitrogens with one attached hydrogen (secondary N) is 2. The Bertz CT molecular complexity index is 1000. The molecule has 144 valence electrons. The highest BCUT2D eigenvalue weighted by Gasteiger charge is 2.12. The SMILES string of the molecule is COc1ccc(Br)cc1CNC(=O)c1ccc(NC(=O)c2nnc(C)s2)cc1. The number of carbonyl (C=O) groups excluding carboxylic acids is 2. The summed E-state index contributed by atoms with van der Waals surface area (Å²) in [6.07, 6.45) is 0. The minimum atomic E-state index is -0.329. The number of aryl methyl sites for hydroxylation is 1. The molecular weight excluding hydrogens is 444 g/mol. The first-order valence-corrected chi connectivity index (χ1v) is 9.89. The van der Waals surface area contributed by atoms with E-state index in [1.165, 1.54) is 11.3 Å². The van der Waals surface area contributed by atoms with Crippen LogP contribution in [0.4, 0.5) is 5.69 Å². The number of hydrogen-bond acceptors (Lipinski definition) is 6. The number of halogens is 1. The largest absolute Gasteiger partial charge is 0.496 e. The topological polar surface area (TPSA) is 93.2 Å². The number of nitrogens with zero attached hydrogens (tertiary/aromatic N) is 2. The molecule has 0 saturated carbocycles. The van der Waals surface area contributed by atoms with Crippen molar-refractivity contribution in [1.82, 2.24) is 15.5 Å². The molecule has 0 aliphatic rings. The van der Waals surface area contributed by atoms with Crippen LogP contribution in [0.25, 0.3) is 0 Å². The molecule has 0 aliphatic carbocycles. The lowest BCUT2D eigenvalue weighted by molar-refractivity contribution is 0.0950. The Morgan fingerprint density at radius 1 is 1.11 bits per heavy atom. The molecule has 0 saturated heterocycles. The van der Waals surface area contributed by atoms with E-state index in [1.54, 1.807) is 38.3 Å². The maximum Gasteiger partial charge on any atom is 0.286 e. The maximum absolute atomic E-state index is 12.4. The summed E-state index contributed by atoms with van der Waals surface area (Å²) in [5, 5.41) is 14.2. The lowest BCUT2D eigenvalue weighted by atomic mass is 10.1. The van der Waals surface area contributed by atoms with E-state index >= 15 is 0 Å². The van der Waals surface area contributed by atoms with Gasteiger partial charge in [0, 0.05) is 27.8 Å². The summed E-state index contributed by atoms with van der Waals surface area (Å²) in [6.45, 7) is 2.11. The van der Waals surface area contributed by atoms with Gasteiger partial charge < -0.3 is 15.4 Å². The van der Waals surface area contributed by atoms with Gasteiger partial charge in [-0.2, -0.15) is 0 Å². The number of carbonyl (C=O) groups is 2. The fourth-order valence-corrected chi connectivity index (χ4v) is 3.44. The smallest absolute Gasteiger partial charge is 0.286 e. The summed E-state index contributed by atoms with van der Waals surface area (Å²) in [6, 6.07) is 12.2. The van der Waals surface area contributed by atoms with Crippen LogP contribution in [0.3, 0.4) is 0 Å². The van der Waals surface area contributed by atoms with Gasteiger partial charge in [-0.1, -0.05) is 27.3 Å². The fraction of sp³-hybridized carbons (Fsp3) is 0.158. The van der Waals surface area contributed by atoms with Crippen LogP contribution in [0.1, 0.15) is 30.7 Å². The van der Waals surface area contributed by atoms with Gasteiger partial charge in [0.2, 0.25) is 5.01 Å². The number of amides is 2. The molecular formula is C19H17BrN4O3S. The van der Waals surface area contributed by atoms with Crippen molar-refractivity contribution in [3.8, 4) is 5.75 Å². The lowest BCUT2D eigenvalue weighted by Gasteiger charge is -2.11. The molecule has 1 heterocycles. The van der Waals surface area contributed by atoms with Crippen molar-refractivity contribution in [3.05, 3.63) is 68.1 Å². The van der Waals surface area contributed by atoms with Gasteiger partial charge in [0.25, 0.3) is 11.8 Å². The van der Waals surface area contributed by atoms with Crippen LogP contribution in [0, 0.1) is 6.92 Å². The molecule has 9 heteroatoms. The lowest BCUT2D eigenvalue weighted by Crippen LogP contribution is -2.23. The number of benzene rings is 2. The maximum atomic E-state index is 12.4. The molecule has 1 aromatic heterocycles. The molecule has 2 aromatic carbocycles. The average Bonchev–Trinajstić information content (AvgIpc) is 3.13. The molecule has 2 amide bonds. The van der Waals surface area contributed by atoms with Gasteiger partial charge in [0.15, 0.2) is 0 Å². The quantitative estimate of drug-likeness (QED) is 0.583. The summed E-state index contributed by atoms with van der Waals surface area (Å²) in [7, 11) is 1.59. The Kier molecular flexibility index (Phi) is 6.37. The van der Waals surface area contributed by atoms with E-state index in [1.807, 2.05) is 18.2 Å². The molecule has 0 aliphatic heterocycles. The summed E-state index contributed by atoms with van der Waals surface area (Å²) < 4.78 is 6.21. The van der Waals surface area contributed by atoms with E-state index in [0.717, 1.165) is 15.0 Å². The van der Waals surface area contributed by atoms with Crippen molar-refractivity contribution in [2.75, 3.05) is 12.4 Å². The molecule has 0 spiro atoms. The zero-order chi connectivity index (χ0) is 20.1. The molecule has 0 radical (unpaired) electrons. The number of aromatic nitrogens is 2. The van der Waals surface area contributed by atoms with E-state index in [4.69, 9.17) is 4.74 Å². The molecule has 0 atom stereocenters. The number of ether oxygens (including phenoxy) is 1. The molecule has 7 nitrogen and oxygen atoms in total. The van der Waals surface area contributed by atoms with E-state index in [9.17, 15) is 9.59 Å². The minimum absolute atomic E-state index is 0.223. The first-order valence-electron chi connectivity index (χ1n) is 8.28. The van der Waals surface area contributed by atoms with Crippen molar-refractivity contribution in [2.45, 2.75) is 13.5 Å². The van der Waals surface area contributed by atoms with Crippen LogP contribution in [0.5, 0.6) is 5.75 Å². The van der Waals surface area contributed by atoms with Gasteiger partial charge in [-0.15, -0.1) is 10.2 Å². The zero-order valence-corrected chi connectivity index (χ0v) is 17.6. The predicted octanol–water partition coefficient (Wildman–Crippen LogP) is 3.80. The second kappa shape index (κ2) is 8.94. The van der Waals surface area contributed by atoms with Gasteiger partial charge in [0.1, 0.15) is 10.8 Å². The highest BCUT2D eigenvalue weighted by atomic mass is 79.9. The molecule has 2 N–H and O–H groups in total. The van der Waals surface area contributed by atoms with E-state index in [-0.39, 0.29) is 11.8 Å². The van der Waals surface area contributed by atoms with Gasteiger partial charge in [0.05, 0.1) is 7.11 Å². The van der Waals surface area contributed by atoms with Crippen molar-refractivity contribution in [3.63, 3.8) is 0 Å². The second-order valence-electron chi connectivity index (χ2n) is 5.80. The number of anilines is 1. The Morgan fingerprint density at radius 2 is 1.86 bits per heavy atom. The van der Waals surface area contributed by atoms with Crippen molar-refractivity contribution in [2.24, 2.45) is 0 Å². The summed E-state index contributed by atoms with van der Waals surface area (Å²) in [4.78, 5) is 24.5. The Morgan fingerprint density at radius 3 is 2.50 bits per heavy atom. The molecule has 28 heavy (non-hydrogen) atoms. The van der Waals surface area contributed by atoms with Gasteiger partial charge >= 0.3 is 0 Å². The first kappa shape index (κ1) is 20.0. The summed E-state index contributed by atoms with van der Waals surface area (Å²) in [5.41, 5.74) is 1.92. The van der Waals surface area contributed by atoms with Crippen LogP contribution < -0.4 is 15.4 Å². The third-order valence-corrected chi connectivity index (χ3v) is 5.14. The van der Waals surface area contributed by atoms with Crippen molar-refractivity contribution < 1.29 is 14.3 Å². The molecule has 0 unspecified atom stereocenters. The molecule has 3 aromatic rings. The Balaban J connectivity index is 1.61. The third-order valence-electron chi connectivity index (χ3n) is 3.81. The highest BCUT2D eigenvalue weighted by Crippen LogP contribution is 2.23. The van der Waals surface area contributed by atoms with E-state index in [2.05, 4.69) is 36.8 Å². The zero-order valence-electron chi connectivity index (χ0n) is 15.2. The standard InChI is InChI=1S/C19H17BrN4O3S/c1-11-23-24-19(28-11)18(26)22-15-6-3-12(4-7-15)17(25)21-10-13-9-14(20)5-8-16(13)27-2/h3-9H,10H2,1-2H3,(H,21,25)(H,22,26). The summed E-state index contributed by atoms with van der Waals surface area (Å²) in [5.74, 6) is 0.151. The number of rotatable bonds is 6. The van der Waals surface area contributed by atoms with Gasteiger partial charge in [-0.3, -0.25) is 9.59 Å². The van der Waals surface area contributed by atoms with Crippen molar-refractivity contribution >= 4 is 44.8 Å². The molecule has 0 bridgehead atoms. The molecule has 3 rings (SSSR count). The minimum Gasteiger partial charge on any atom is -0.496 e. The Hall–Kier alpha value is -2.78. The van der Waals surface area contributed by atoms with Crippen LogP contribution >= 0.6 is 27.3 Å².